The third-order valence-electron chi connectivity index (χ3n) is 3.99. The Kier molecular flexibility index (Phi) is 4.57. The SMILES string of the molecule is CC(CCN)SCC1CCC2(CCCC2)O1. The highest BCUT2D eigenvalue weighted by atomic mass is 32.2. The molecule has 0 aromatic heterocycles. The van der Waals surface area contributed by atoms with E-state index in [1.54, 1.807) is 0 Å². The summed E-state index contributed by atoms with van der Waals surface area (Å²) < 4.78 is 6.29. The maximum Gasteiger partial charge on any atom is 0.0687 e. The first kappa shape index (κ1) is 12.7. The van der Waals surface area contributed by atoms with E-state index in [9.17, 15) is 0 Å². The van der Waals surface area contributed by atoms with E-state index in [4.69, 9.17) is 10.5 Å². The number of rotatable bonds is 5. The van der Waals surface area contributed by atoms with Crippen LogP contribution in [0.3, 0.4) is 0 Å². The van der Waals surface area contributed by atoms with Crippen LogP contribution < -0.4 is 5.73 Å². The minimum absolute atomic E-state index is 0.308. The second kappa shape index (κ2) is 5.74. The molecule has 2 N–H and O–H groups in total. The van der Waals surface area contributed by atoms with E-state index in [0.29, 0.717) is 17.0 Å². The lowest BCUT2D eigenvalue weighted by Gasteiger charge is -2.24. The van der Waals surface area contributed by atoms with Gasteiger partial charge in [-0.15, -0.1) is 0 Å². The Morgan fingerprint density at radius 1 is 1.38 bits per heavy atom. The van der Waals surface area contributed by atoms with Gasteiger partial charge in [0.15, 0.2) is 0 Å². The number of hydrogen-bond acceptors (Lipinski definition) is 3. The molecule has 0 amide bonds. The molecule has 1 heterocycles. The minimum atomic E-state index is 0.308. The van der Waals surface area contributed by atoms with Gasteiger partial charge in [0.25, 0.3) is 0 Å². The fourth-order valence-corrected chi connectivity index (χ4v) is 4.07. The second-order valence-corrected chi connectivity index (χ2v) is 6.86. The first-order valence-corrected chi connectivity index (χ1v) is 7.78. The third kappa shape index (κ3) is 3.14. The molecule has 2 fully saturated rings. The van der Waals surface area contributed by atoms with Crippen LogP contribution in [0, 0.1) is 0 Å². The first-order valence-electron chi connectivity index (χ1n) is 6.74. The summed E-state index contributed by atoms with van der Waals surface area (Å²) in [5.74, 6) is 1.17. The maximum absolute atomic E-state index is 6.29. The van der Waals surface area contributed by atoms with Gasteiger partial charge in [-0.05, 0) is 38.6 Å². The van der Waals surface area contributed by atoms with Gasteiger partial charge in [-0.3, -0.25) is 0 Å². The van der Waals surface area contributed by atoms with Crippen molar-refractivity contribution in [2.24, 2.45) is 5.73 Å². The Bertz CT molecular complexity index is 216. The van der Waals surface area contributed by atoms with Crippen LogP contribution in [0.5, 0.6) is 0 Å². The zero-order valence-corrected chi connectivity index (χ0v) is 11.2. The molecule has 1 saturated carbocycles. The molecule has 2 rings (SSSR count). The summed E-state index contributed by atoms with van der Waals surface area (Å²) in [6, 6.07) is 0. The van der Waals surface area contributed by atoms with Crippen molar-refractivity contribution in [2.45, 2.75) is 68.8 Å². The summed E-state index contributed by atoms with van der Waals surface area (Å²) >= 11 is 2.04. The van der Waals surface area contributed by atoms with Crippen LogP contribution in [-0.2, 0) is 4.74 Å². The largest absolute Gasteiger partial charge is 0.371 e. The van der Waals surface area contributed by atoms with Crippen LogP contribution in [0.1, 0.15) is 51.9 Å². The predicted octanol–water partition coefficient (Wildman–Crippen LogP) is 2.95. The molecule has 94 valence electrons. The summed E-state index contributed by atoms with van der Waals surface area (Å²) in [7, 11) is 0. The molecule has 3 heteroatoms. The fourth-order valence-electron chi connectivity index (χ4n) is 2.99. The quantitative estimate of drug-likeness (QED) is 0.806. The highest BCUT2D eigenvalue weighted by molar-refractivity contribution is 7.99. The summed E-state index contributed by atoms with van der Waals surface area (Å²) in [6.45, 7) is 3.08. The van der Waals surface area contributed by atoms with Crippen molar-refractivity contribution in [1.82, 2.24) is 0 Å². The minimum Gasteiger partial charge on any atom is -0.371 e. The van der Waals surface area contributed by atoms with Crippen molar-refractivity contribution in [3.8, 4) is 0 Å². The lowest BCUT2D eigenvalue weighted by Crippen LogP contribution is -2.25. The lowest BCUT2D eigenvalue weighted by atomic mass is 9.98. The highest BCUT2D eigenvalue weighted by Gasteiger charge is 2.41. The van der Waals surface area contributed by atoms with Crippen LogP contribution in [0.25, 0.3) is 0 Å². The van der Waals surface area contributed by atoms with Crippen LogP contribution in [0.2, 0.25) is 0 Å². The van der Waals surface area contributed by atoms with Crippen molar-refractivity contribution >= 4 is 11.8 Å². The molecule has 0 aromatic rings. The highest BCUT2D eigenvalue weighted by Crippen LogP contribution is 2.44. The molecule has 2 nitrogen and oxygen atoms in total. The molecule has 2 aliphatic rings. The summed E-state index contributed by atoms with van der Waals surface area (Å²) in [6.07, 6.45) is 9.61. The third-order valence-corrected chi connectivity index (χ3v) is 5.36. The van der Waals surface area contributed by atoms with E-state index in [-0.39, 0.29) is 0 Å². The van der Waals surface area contributed by atoms with Crippen LogP contribution >= 0.6 is 11.8 Å². The van der Waals surface area contributed by atoms with Crippen molar-refractivity contribution < 1.29 is 4.74 Å². The Balaban J connectivity index is 1.68. The number of nitrogens with two attached hydrogens (primary N) is 1. The zero-order valence-electron chi connectivity index (χ0n) is 10.4. The standard InChI is InChI=1S/C13H25NOS/c1-11(5-9-14)16-10-12-4-8-13(15-12)6-2-3-7-13/h11-12H,2-10,14H2,1H3. The van der Waals surface area contributed by atoms with Gasteiger partial charge in [-0.2, -0.15) is 11.8 Å². The molecular weight excluding hydrogens is 218 g/mol. The van der Waals surface area contributed by atoms with Crippen molar-refractivity contribution in [3.05, 3.63) is 0 Å². The fraction of sp³-hybridized carbons (Fsp3) is 1.00. The number of thioether (sulfide) groups is 1. The normalized spacial score (nSPS) is 30.0. The van der Waals surface area contributed by atoms with E-state index in [1.807, 2.05) is 11.8 Å². The van der Waals surface area contributed by atoms with Crippen LogP contribution in [0.4, 0.5) is 0 Å². The summed E-state index contributed by atoms with van der Waals surface area (Å²) in [5.41, 5.74) is 5.87. The Morgan fingerprint density at radius 3 is 2.81 bits per heavy atom. The average Bonchev–Trinajstić information content (AvgIpc) is 2.88. The molecule has 2 atom stereocenters. The molecule has 0 aromatic carbocycles. The van der Waals surface area contributed by atoms with E-state index < -0.39 is 0 Å². The average molecular weight is 243 g/mol. The Labute approximate surface area is 104 Å². The molecular formula is C13H25NOS. The van der Waals surface area contributed by atoms with Crippen molar-refractivity contribution in [2.75, 3.05) is 12.3 Å². The second-order valence-electron chi connectivity index (χ2n) is 5.39. The van der Waals surface area contributed by atoms with Gasteiger partial charge < -0.3 is 10.5 Å². The molecule has 0 radical (unpaired) electrons. The molecule has 0 bridgehead atoms. The van der Waals surface area contributed by atoms with E-state index >= 15 is 0 Å². The van der Waals surface area contributed by atoms with Gasteiger partial charge >= 0.3 is 0 Å². The summed E-state index contributed by atoms with van der Waals surface area (Å²) in [5, 5.41) is 0.689. The van der Waals surface area contributed by atoms with E-state index in [2.05, 4.69) is 6.92 Å². The topological polar surface area (TPSA) is 35.2 Å². The smallest absolute Gasteiger partial charge is 0.0687 e. The zero-order chi connectivity index (χ0) is 11.4. The maximum atomic E-state index is 6.29. The number of hydrogen-bond donors (Lipinski definition) is 1. The van der Waals surface area contributed by atoms with Gasteiger partial charge in [-0.1, -0.05) is 19.8 Å². The van der Waals surface area contributed by atoms with Gasteiger partial charge in [0, 0.05) is 11.0 Å². The summed E-state index contributed by atoms with van der Waals surface area (Å²) in [4.78, 5) is 0. The van der Waals surface area contributed by atoms with Crippen molar-refractivity contribution in [3.63, 3.8) is 0 Å². The van der Waals surface area contributed by atoms with Gasteiger partial charge in [-0.25, -0.2) is 0 Å². The first-order chi connectivity index (χ1) is 7.74. The van der Waals surface area contributed by atoms with Crippen molar-refractivity contribution in [1.29, 1.82) is 0 Å². The molecule has 1 spiro atoms. The van der Waals surface area contributed by atoms with Gasteiger partial charge in [0.1, 0.15) is 0 Å². The Hall–Kier alpha value is 0.270. The predicted molar refractivity (Wildman–Crippen MR) is 70.9 cm³/mol. The van der Waals surface area contributed by atoms with Crippen LogP contribution in [-0.4, -0.2) is 29.3 Å². The van der Waals surface area contributed by atoms with E-state index in [1.165, 1.54) is 44.3 Å². The number of ether oxygens (including phenoxy) is 1. The molecule has 1 aliphatic carbocycles. The molecule has 2 unspecified atom stereocenters. The van der Waals surface area contributed by atoms with Gasteiger partial charge in [0.2, 0.25) is 0 Å². The van der Waals surface area contributed by atoms with Crippen LogP contribution in [0.15, 0.2) is 0 Å². The van der Waals surface area contributed by atoms with E-state index in [0.717, 1.165) is 13.0 Å². The molecule has 16 heavy (non-hydrogen) atoms. The monoisotopic (exact) mass is 243 g/mol. The lowest BCUT2D eigenvalue weighted by molar-refractivity contribution is -0.0267. The van der Waals surface area contributed by atoms with Gasteiger partial charge in [0.05, 0.1) is 11.7 Å². The molecule has 1 saturated heterocycles. The Morgan fingerprint density at radius 2 is 2.12 bits per heavy atom. The molecule has 1 aliphatic heterocycles.